The van der Waals surface area contributed by atoms with E-state index in [1.165, 1.54) is 16.2 Å². The van der Waals surface area contributed by atoms with Crippen LogP contribution in [0.4, 0.5) is 19.6 Å². The average molecular weight is 471 g/mol. The number of anilines is 2. The van der Waals surface area contributed by atoms with Crippen LogP contribution < -0.4 is 14.4 Å². The second-order valence-electron chi connectivity index (χ2n) is 6.87. The molecule has 1 amide bonds. The van der Waals surface area contributed by atoms with Gasteiger partial charge in [-0.2, -0.15) is 8.78 Å². The molecule has 3 aromatic carbocycles. The molecule has 0 saturated carbocycles. The Hall–Kier alpha value is -3.17. The highest BCUT2D eigenvalue weighted by atomic mass is 32.2. The van der Waals surface area contributed by atoms with Gasteiger partial charge in [0.25, 0.3) is 11.7 Å². The van der Waals surface area contributed by atoms with Crippen molar-refractivity contribution in [3.8, 4) is 11.5 Å². The molecule has 0 unspecified atom stereocenters. The van der Waals surface area contributed by atoms with Crippen LogP contribution in [0.3, 0.4) is 0 Å². The zero-order valence-electron chi connectivity index (χ0n) is 16.5. The summed E-state index contributed by atoms with van der Waals surface area (Å²) in [5.74, 6) is -1.80. The number of para-hydroxylation sites is 3. The van der Waals surface area contributed by atoms with Gasteiger partial charge in [-0.25, -0.2) is 4.98 Å². The smallest absolute Gasteiger partial charge is 0.288 e. The number of rotatable bonds is 5. The van der Waals surface area contributed by atoms with Crippen LogP contribution in [0.2, 0.25) is 0 Å². The number of hydrogen-bond acceptors (Lipinski definition) is 6. The molecule has 1 aliphatic heterocycles. The number of halogens is 2. The van der Waals surface area contributed by atoms with Crippen LogP contribution in [0.15, 0.2) is 77.7 Å². The monoisotopic (exact) mass is 470 g/mol. The lowest BCUT2D eigenvalue weighted by Gasteiger charge is -2.29. The molecule has 1 aliphatic rings. The number of benzene rings is 3. The topological polar surface area (TPSA) is 51.7 Å². The number of hydrogen-bond donors (Lipinski definition) is 0. The zero-order valence-corrected chi connectivity index (χ0v) is 18.1. The second-order valence-corrected chi connectivity index (χ2v) is 8.95. The van der Waals surface area contributed by atoms with Crippen LogP contribution in [-0.4, -0.2) is 29.4 Å². The highest BCUT2D eigenvalue weighted by Crippen LogP contribution is 2.37. The van der Waals surface area contributed by atoms with E-state index in [2.05, 4.69) is 4.98 Å². The van der Waals surface area contributed by atoms with Gasteiger partial charge in [-0.3, -0.25) is 9.69 Å². The third-order valence-corrected chi connectivity index (χ3v) is 6.54. The molecule has 1 aromatic heterocycles. The molecule has 0 N–H and O–H groups in total. The highest BCUT2D eigenvalue weighted by molar-refractivity contribution is 7.99. The Bertz CT molecular complexity index is 1230. The minimum atomic E-state index is -2.52. The summed E-state index contributed by atoms with van der Waals surface area (Å²) in [6, 6.07) is 21.1. The molecular weight excluding hydrogens is 454 g/mol. The average Bonchev–Trinajstić information content (AvgIpc) is 3.23. The van der Waals surface area contributed by atoms with Gasteiger partial charge in [0, 0.05) is 4.90 Å². The summed E-state index contributed by atoms with van der Waals surface area (Å²) in [6.45, 7) is 0.0521. The number of aromatic nitrogens is 1. The van der Waals surface area contributed by atoms with E-state index in [4.69, 9.17) is 9.47 Å². The summed E-state index contributed by atoms with van der Waals surface area (Å²) >= 11 is 1.82. The largest absolute Gasteiger partial charge is 0.485 e. The van der Waals surface area contributed by atoms with Crippen molar-refractivity contribution in [3.63, 3.8) is 0 Å². The Balaban J connectivity index is 1.51. The molecule has 0 saturated heterocycles. The normalized spacial score (nSPS) is 15.2. The van der Waals surface area contributed by atoms with E-state index < -0.39 is 11.9 Å². The minimum absolute atomic E-state index is 0.0521. The van der Waals surface area contributed by atoms with E-state index in [0.29, 0.717) is 39.0 Å². The predicted octanol–water partition coefficient (Wildman–Crippen LogP) is 6.12. The molecule has 4 aromatic rings. The van der Waals surface area contributed by atoms with Crippen LogP contribution in [-0.2, 0) is 4.79 Å². The lowest BCUT2D eigenvalue weighted by Crippen LogP contribution is -2.44. The van der Waals surface area contributed by atoms with Crippen molar-refractivity contribution >= 4 is 50.0 Å². The van der Waals surface area contributed by atoms with E-state index in [0.717, 1.165) is 10.2 Å². The number of carbonyl (C=O) groups is 1. The summed E-state index contributed by atoms with van der Waals surface area (Å²) < 4.78 is 38.0. The van der Waals surface area contributed by atoms with E-state index >= 15 is 0 Å². The molecule has 1 atom stereocenters. The van der Waals surface area contributed by atoms with E-state index in [-0.39, 0.29) is 12.5 Å². The van der Waals surface area contributed by atoms with Gasteiger partial charge in [0.15, 0.2) is 16.6 Å². The lowest BCUT2D eigenvalue weighted by atomic mass is 10.2. The lowest BCUT2D eigenvalue weighted by molar-refractivity contribution is -0.126. The molecule has 9 heteroatoms. The number of alkyl halides is 2. The van der Waals surface area contributed by atoms with Gasteiger partial charge in [-0.1, -0.05) is 47.4 Å². The minimum Gasteiger partial charge on any atom is -0.485 e. The van der Waals surface area contributed by atoms with Crippen molar-refractivity contribution < 1.29 is 23.0 Å². The highest BCUT2D eigenvalue weighted by Gasteiger charge is 2.34. The van der Waals surface area contributed by atoms with Gasteiger partial charge in [0.1, 0.15) is 6.61 Å². The van der Waals surface area contributed by atoms with E-state index in [9.17, 15) is 13.6 Å². The number of fused-ring (bicyclic) bond motifs is 2. The van der Waals surface area contributed by atoms with Gasteiger partial charge in [-0.15, -0.1) is 0 Å². The number of thiazole rings is 1. The zero-order chi connectivity index (χ0) is 22.1. The van der Waals surface area contributed by atoms with Crippen LogP contribution in [0.25, 0.3) is 10.2 Å². The predicted molar refractivity (Wildman–Crippen MR) is 121 cm³/mol. The number of amides is 1. The number of thioether (sulfide) groups is 1. The fourth-order valence-corrected chi connectivity index (χ4v) is 4.84. The van der Waals surface area contributed by atoms with Crippen LogP contribution in [0.5, 0.6) is 11.5 Å². The van der Waals surface area contributed by atoms with E-state index in [1.807, 2.05) is 30.3 Å². The second kappa shape index (κ2) is 8.76. The standard InChI is InChI=1S/C23H16F2N2O3S2/c24-22(25)31-15-11-9-14(10-12-15)27(23-26-16-5-1-4-8-20(16)32-23)21(28)19-13-29-17-6-2-3-7-18(17)30-19/h1-12,19,22H,13H2/t19-/m0/s1. The molecule has 2 heterocycles. The first-order valence-electron chi connectivity index (χ1n) is 9.71. The van der Waals surface area contributed by atoms with Gasteiger partial charge in [0.2, 0.25) is 6.10 Å². The molecule has 0 bridgehead atoms. The molecule has 5 nitrogen and oxygen atoms in total. The molecule has 32 heavy (non-hydrogen) atoms. The maximum Gasteiger partial charge on any atom is 0.288 e. The van der Waals surface area contributed by atoms with Crippen molar-refractivity contribution in [1.82, 2.24) is 4.98 Å². The Morgan fingerprint density at radius 1 is 1.03 bits per heavy atom. The molecule has 0 radical (unpaired) electrons. The number of carbonyl (C=O) groups excluding carboxylic acids is 1. The maximum atomic E-state index is 13.6. The third-order valence-electron chi connectivity index (χ3n) is 4.80. The fourth-order valence-electron chi connectivity index (χ4n) is 3.35. The SMILES string of the molecule is O=C([C@@H]1COc2ccccc2O1)N(c1ccc(SC(F)F)cc1)c1nc2ccccc2s1. The van der Waals surface area contributed by atoms with Crippen molar-refractivity contribution in [2.24, 2.45) is 0 Å². The summed E-state index contributed by atoms with van der Waals surface area (Å²) in [5.41, 5.74) is 1.27. The Kier molecular flexibility index (Phi) is 5.67. The summed E-state index contributed by atoms with van der Waals surface area (Å²) in [4.78, 5) is 20.1. The van der Waals surface area contributed by atoms with Crippen LogP contribution >= 0.6 is 23.1 Å². The maximum absolute atomic E-state index is 13.6. The summed E-state index contributed by atoms with van der Waals surface area (Å²) in [7, 11) is 0. The number of nitrogens with zero attached hydrogens (tertiary/aromatic N) is 2. The van der Waals surface area contributed by atoms with Crippen LogP contribution in [0, 0.1) is 0 Å². The van der Waals surface area contributed by atoms with Gasteiger partial charge in [-0.05, 0) is 48.5 Å². The molecular formula is C23H16F2N2O3S2. The van der Waals surface area contributed by atoms with Crippen molar-refractivity contribution in [2.45, 2.75) is 16.8 Å². The first kappa shape index (κ1) is 20.7. The fraction of sp³-hybridized carbons (Fsp3) is 0.130. The Morgan fingerprint density at radius 2 is 1.75 bits per heavy atom. The molecule has 162 valence electrons. The number of ether oxygens (including phenoxy) is 2. The summed E-state index contributed by atoms with van der Waals surface area (Å²) in [5, 5.41) is 0.466. The van der Waals surface area contributed by atoms with Crippen LogP contribution in [0.1, 0.15) is 0 Å². The van der Waals surface area contributed by atoms with Crippen molar-refractivity contribution in [2.75, 3.05) is 11.5 Å². The van der Waals surface area contributed by atoms with Gasteiger partial charge in [0.05, 0.1) is 15.9 Å². The Morgan fingerprint density at radius 3 is 2.50 bits per heavy atom. The molecule has 5 rings (SSSR count). The van der Waals surface area contributed by atoms with Crippen molar-refractivity contribution in [1.29, 1.82) is 0 Å². The third kappa shape index (κ3) is 4.13. The first-order chi connectivity index (χ1) is 15.6. The molecule has 0 spiro atoms. The molecule has 0 fully saturated rings. The quantitative estimate of drug-likeness (QED) is 0.329. The van der Waals surface area contributed by atoms with E-state index in [1.54, 1.807) is 42.5 Å². The first-order valence-corrected chi connectivity index (χ1v) is 11.4. The van der Waals surface area contributed by atoms with Gasteiger partial charge < -0.3 is 9.47 Å². The Labute approximate surface area is 190 Å². The van der Waals surface area contributed by atoms with Gasteiger partial charge >= 0.3 is 0 Å². The van der Waals surface area contributed by atoms with Crippen molar-refractivity contribution in [3.05, 3.63) is 72.8 Å². The molecule has 0 aliphatic carbocycles. The summed E-state index contributed by atoms with van der Waals surface area (Å²) in [6.07, 6.45) is -0.882.